The molecule has 0 bridgehead atoms. The van der Waals surface area contributed by atoms with Crippen LogP contribution in [-0.4, -0.2) is 6.61 Å². The molecule has 2 heteroatoms. The second-order valence-electron chi connectivity index (χ2n) is 3.76. The number of hydrogen-bond acceptors (Lipinski definition) is 2. The molecule has 2 rings (SSSR count). The van der Waals surface area contributed by atoms with Crippen molar-refractivity contribution in [3.63, 3.8) is 0 Å². The first kappa shape index (κ1) is 9.53. The van der Waals surface area contributed by atoms with Gasteiger partial charge in [0.1, 0.15) is 5.75 Å². The molecule has 1 aromatic carbocycles. The molecule has 1 aromatic rings. The molecule has 0 fully saturated rings. The van der Waals surface area contributed by atoms with Gasteiger partial charge in [-0.25, -0.2) is 0 Å². The topological polar surface area (TPSA) is 35.2 Å². The first-order valence-electron chi connectivity index (χ1n) is 5.33. The van der Waals surface area contributed by atoms with E-state index in [0.717, 1.165) is 25.2 Å². The number of hydrogen-bond donors (Lipinski definition) is 1. The molecule has 0 unspecified atom stereocenters. The average molecular weight is 191 g/mol. The smallest absolute Gasteiger partial charge is 0.122 e. The van der Waals surface area contributed by atoms with E-state index in [4.69, 9.17) is 10.5 Å². The highest BCUT2D eigenvalue weighted by atomic mass is 16.5. The first-order chi connectivity index (χ1) is 6.83. The third kappa shape index (κ3) is 1.62. The van der Waals surface area contributed by atoms with E-state index in [0.29, 0.717) is 0 Å². The second-order valence-corrected chi connectivity index (χ2v) is 3.76. The number of benzene rings is 1. The van der Waals surface area contributed by atoms with Crippen LogP contribution in [0.1, 0.15) is 36.9 Å². The standard InChI is InChI=1S/C12H17NO/c1-2-14-12-8-4-5-9-10(12)6-3-7-11(9)13/h4-5,8,11H,2-3,6-7,13H2,1H3/t11-/m1/s1. The van der Waals surface area contributed by atoms with Crippen LogP contribution in [0, 0.1) is 0 Å². The SMILES string of the molecule is CCOc1cccc2c1CCC[C@H]2N. The third-order valence-corrected chi connectivity index (χ3v) is 2.81. The van der Waals surface area contributed by atoms with Crippen molar-refractivity contribution in [2.45, 2.75) is 32.2 Å². The molecule has 1 aliphatic rings. The minimum absolute atomic E-state index is 0.208. The van der Waals surface area contributed by atoms with Gasteiger partial charge in [0.2, 0.25) is 0 Å². The lowest BCUT2D eigenvalue weighted by atomic mass is 9.88. The molecule has 0 heterocycles. The van der Waals surface area contributed by atoms with E-state index in [1.54, 1.807) is 0 Å². The molecular weight excluding hydrogens is 174 g/mol. The number of nitrogens with two attached hydrogens (primary N) is 1. The molecule has 0 radical (unpaired) electrons. The van der Waals surface area contributed by atoms with E-state index >= 15 is 0 Å². The summed E-state index contributed by atoms with van der Waals surface area (Å²) < 4.78 is 5.60. The average Bonchev–Trinajstić information content (AvgIpc) is 2.20. The zero-order valence-corrected chi connectivity index (χ0v) is 8.62. The summed E-state index contributed by atoms with van der Waals surface area (Å²) in [5, 5.41) is 0. The van der Waals surface area contributed by atoms with Crippen molar-refractivity contribution in [2.75, 3.05) is 6.61 Å². The summed E-state index contributed by atoms with van der Waals surface area (Å²) in [5.41, 5.74) is 8.66. The zero-order valence-electron chi connectivity index (χ0n) is 8.62. The number of rotatable bonds is 2. The van der Waals surface area contributed by atoms with Gasteiger partial charge in [-0.15, -0.1) is 0 Å². The molecule has 2 N–H and O–H groups in total. The monoisotopic (exact) mass is 191 g/mol. The van der Waals surface area contributed by atoms with Gasteiger partial charge >= 0.3 is 0 Å². The molecule has 0 saturated carbocycles. The van der Waals surface area contributed by atoms with Gasteiger partial charge in [-0.05, 0) is 43.4 Å². The first-order valence-corrected chi connectivity index (χ1v) is 5.33. The summed E-state index contributed by atoms with van der Waals surface area (Å²) in [6.07, 6.45) is 3.39. The van der Waals surface area contributed by atoms with Gasteiger partial charge in [0.25, 0.3) is 0 Å². The molecule has 1 aliphatic carbocycles. The van der Waals surface area contributed by atoms with E-state index < -0.39 is 0 Å². The van der Waals surface area contributed by atoms with Gasteiger partial charge in [-0.2, -0.15) is 0 Å². The lowest BCUT2D eigenvalue weighted by Gasteiger charge is -2.24. The summed E-state index contributed by atoms with van der Waals surface area (Å²) in [5.74, 6) is 1.03. The van der Waals surface area contributed by atoms with Gasteiger partial charge in [0.15, 0.2) is 0 Å². The van der Waals surface area contributed by atoms with Crippen LogP contribution in [0.25, 0.3) is 0 Å². The maximum Gasteiger partial charge on any atom is 0.122 e. The Bertz CT molecular complexity index is 322. The van der Waals surface area contributed by atoms with Crippen LogP contribution in [0.4, 0.5) is 0 Å². The van der Waals surface area contributed by atoms with Crippen molar-refractivity contribution in [1.82, 2.24) is 0 Å². The fourth-order valence-corrected chi connectivity index (χ4v) is 2.14. The van der Waals surface area contributed by atoms with Crippen LogP contribution in [-0.2, 0) is 6.42 Å². The van der Waals surface area contributed by atoms with Gasteiger partial charge < -0.3 is 10.5 Å². The molecule has 14 heavy (non-hydrogen) atoms. The van der Waals surface area contributed by atoms with Crippen molar-refractivity contribution < 1.29 is 4.74 Å². The fraction of sp³-hybridized carbons (Fsp3) is 0.500. The molecule has 2 nitrogen and oxygen atoms in total. The molecule has 0 amide bonds. The van der Waals surface area contributed by atoms with E-state index in [9.17, 15) is 0 Å². The molecule has 0 spiro atoms. The molecule has 0 saturated heterocycles. The molecule has 76 valence electrons. The van der Waals surface area contributed by atoms with Crippen LogP contribution < -0.4 is 10.5 Å². The van der Waals surface area contributed by atoms with Crippen LogP contribution >= 0.6 is 0 Å². The third-order valence-electron chi connectivity index (χ3n) is 2.81. The van der Waals surface area contributed by atoms with Gasteiger partial charge in [0.05, 0.1) is 6.61 Å². The van der Waals surface area contributed by atoms with E-state index in [2.05, 4.69) is 6.07 Å². The maximum absolute atomic E-state index is 6.06. The van der Waals surface area contributed by atoms with Gasteiger partial charge in [0, 0.05) is 6.04 Å². The van der Waals surface area contributed by atoms with Crippen LogP contribution in [0.5, 0.6) is 5.75 Å². The fourth-order valence-electron chi connectivity index (χ4n) is 2.14. The Labute approximate surface area is 85.1 Å². The molecular formula is C12H17NO. The summed E-state index contributed by atoms with van der Waals surface area (Å²) in [4.78, 5) is 0. The van der Waals surface area contributed by atoms with Crippen LogP contribution in [0.15, 0.2) is 18.2 Å². The van der Waals surface area contributed by atoms with E-state index in [-0.39, 0.29) is 6.04 Å². The molecule has 0 aliphatic heterocycles. The highest BCUT2D eigenvalue weighted by Crippen LogP contribution is 2.33. The minimum Gasteiger partial charge on any atom is -0.494 e. The van der Waals surface area contributed by atoms with Crippen molar-refractivity contribution in [3.05, 3.63) is 29.3 Å². The largest absolute Gasteiger partial charge is 0.494 e. The lowest BCUT2D eigenvalue weighted by molar-refractivity contribution is 0.333. The number of ether oxygens (including phenoxy) is 1. The summed E-state index contributed by atoms with van der Waals surface area (Å²) in [6.45, 7) is 2.74. The maximum atomic E-state index is 6.06. The van der Waals surface area contributed by atoms with E-state index in [1.807, 2.05) is 19.1 Å². The molecule has 1 atom stereocenters. The Morgan fingerprint density at radius 2 is 2.36 bits per heavy atom. The lowest BCUT2D eigenvalue weighted by Crippen LogP contribution is -2.18. The predicted octanol–water partition coefficient (Wildman–Crippen LogP) is 2.42. The molecule has 0 aromatic heterocycles. The zero-order chi connectivity index (χ0) is 9.97. The Kier molecular flexibility index (Phi) is 2.73. The predicted molar refractivity (Wildman–Crippen MR) is 57.5 cm³/mol. The summed E-state index contributed by atoms with van der Waals surface area (Å²) >= 11 is 0. The normalized spacial score (nSPS) is 20.3. The van der Waals surface area contributed by atoms with Gasteiger partial charge in [-0.3, -0.25) is 0 Å². The van der Waals surface area contributed by atoms with Crippen molar-refractivity contribution in [2.24, 2.45) is 5.73 Å². The Morgan fingerprint density at radius 3 is 3.14 bits per heavy atom. The minimum atomic E-state index is 0.208. The Balaban J connectivity index is 2.39. The van der Waals surface area contributed by atoms with E-state index in [1.165, 1.54) is 17.5 Å². The summed E-state index contributed by atoms with van der Waals surface area (Å²) in [7, 11) is 0. The summed E-state index contributed by atoms with van der Waals surface area (Å²) in [6, 6.07) is 6.41. The Morgan fingerprint density at radius 1 is 1.50 bits per heavy atom. The second kappa shape index (κ2) is 4.01. The van der Waals surface area contributed by atoms with Crippen molar-refractivity contribution in [1.29, 1.82) is 0 Å². The quantitative estimate of drug-likeness (QED) is 0.779. The van der Waals surface area contributed by atoms with Crippen LogP contribution in [0.2, 0.25) is 0 Å². The van der Waals surface area contributed by atoms with Crippen molar-refractivity contribution in [3.8, 4) is 5.75 Å². The number of fused-ring (bicyclic) bond motifs is 1. The Hall–Kier alpha value is -1.02. The highest BCUT2D eigenvalue weighted by Gasteiger charge is 2.19. The van der Waals surface area contributed by atoms with Crippen LogP contribution in [0.3, 0.4) is 0 Å². The highest BCUT2D eigenvalue weighted by molar-refractivity contribution is 5.43. The van der Waals surface area contributed by atoms with Crippen molar-refractivity contribution >= 4 is 0 Å². The van der Waals surface area contributed by atoms with Gasteiger partial charge in [-0.1, -0.05) is 12.1 Å².